The number of halogens is 7. The van der Waals surface area contributed by atoms with E-state index in [0.717, 1.165) is 30.4 Å². The van der Waals surface area contributed by atoms with Crippen LogP contribution in [0.5, 0.6) is 0 Å². The summed E-state index contributed by atoms with van der Waals surface area (Å²) in [6.45, 7) is 11.5. The van der Waals surface area contributed by atoms with Gasteiger partial charge in [-0.3, -0.25) is 4.79 Å². The van der Waals surface area contributed by atoms with E-state index in [4.69, 9.17) is 5.73 Å². The number of hydrogen-bond acceptors (Lipinski definition) is 3. The zero-order valence-electron chi connectivity index (χ0n) is 19.8. The average Bonchev–Trinajstić information content (AvgIpc) is 2.78. The molecule has 0 saturated carbocycles. The molecule has 0 heterocycles. The van der Waals surface area contributed by atoms with Gasteiger partial charge < -0.3 is 5.73 Å². The van der Waals surface area contributed by atoms with Crippen LogP contribution in [0.25, 0.3) is 0 Å². The molecule has 1 aromatic carbocycles. The van der Waals surface area contributed by atoms with Crippen molar-refractivity contribution in [1.82, 2.24) is 5.01 Å². The van der Waals surface area contributed by atoms with Crippen LogP contribution in [-0.2, 0) is 17.1 Å². The van der Waals surface area contributed by atoms with Crippen molar-refractivity contribution in [2.75, 3.05) is 0 Å². The molecule has 0 aromatic heterocycles. The molecule has 1 atom stereocenters. The van der Waals surface area contributed by atoms with Crippen molar-refractivity contribution in [3.05, 3.63) is 95.6 Å². The molecule has 0 spiro atoms. The molecule has 0 saturated heterocycles. The topological polar surface area (TPSA) is 58.7 Å². The number of nitrogens with two attached hydrogens (primary N) is 1. The van der Waals surface area contributed by atoms with Crippen molar-refractivity contribution in [2.45, 2.75) is 39.5 Å². The summed E-state index contributed by atoms with van der Waals surface area (Å²) in [5.74, 6) is -2.16. The van der Waals surface area contributed by atoms with Crippen LogP contribution in [-0.4, -0.2) is 16.6 Å². The first-order chi connectivity index (χ1) is 16.5. The minimum Gasteiger partial charge on any atom is -0.366 e. The van der Waals surface area contributed by atoms with Crippen molar-refractivity contribution in [3.63, 3.8) is 0 Å². The Hall–Kier alpha value is -3.63. The Balaban J connectivity index is 3.88. The number of alkyl halides is 6. The summed E-state index contributed by atoms with van der Waals surface area (Å²) < 4.78 is 93.5. The maximum Gasteiger partial charge on any atom is 0.416 e. The number of carbonyl (C=O) groups is 1. The van der Waals surface area contributed by atoms with E-state index in [1.807, 2.05) is 0 Å². The molecule has 1 unspecified atom stereocenters. The highest BCUT2D eigenvalue weighted by Gasteiger charge is 2.37. The number of rotatable bonds is 10. The Bertz CT molecular complexity index is 1070. The number of hydrogen-bond donors (Lipinski definition) is 1. The first-order valence-electron chi connectivity index (χ1n) is 10.5. The molecule has 2 N–H and O–H groups in total. The summed E-state index contributed by atoms with van der Waals surface area (Å²) in [6, 6.07) is 1.17. The molecule has 0 aliphatic heterocycles. The number of amides is 1. The van der Waals surface area contributed by atoms with E-state index >= 15 is 0 Å². The molecule has 0 aliphatic rings. The lowest BCUT2D eigenvalue weighted by molar-refractivity contribution is -0.143. The van der Waals surface area contributed by atoms with E-state index in [2.05, 4.69) is 18.3 Å². The second kappa shape index (κ2) is 12.4. The smallest absolute Gasteiger partial charge is 0.366 e. The predicted octanol–water partition coefficient (Wildman–Crippen LogP) is 7.27. The Morgan fingerprint density at radius 2 is 1.61 bits per heavy atom. The van der Waals surface area contributed by atoms with Crippen LogP contribution < -0.4 is 5.73 Å². The monoisotopic (exact) mass is 517 g/mol. The van der Waals surface area contributed by atoms with Gasteiger partial charge in [-0.05, 0) is 48.8 Å². The maximum absolute atomic E-state index is 13.4. The van der Waals surface area contributed by atoms with Crippen molar-refractivity contribution < 1.29 is 35.5 Å². The third-order valence-electron chi connectivity index (χ3n) is 4.92. The number of nitrogens with zero attached hydrogens (tertiary/aromatic N) is 2. The molecule has 1 rings (SSSR count). The first-order valence-corrected chi connectivity index (χ1v) is 10.5. The van der Waals surface area contributed by atoms with Gasteiger partial charge in [-0.1, -0.05) is 39.2 Å². The zero-order valence-corrected chi connectivity index (χ0v) is 19.8. The lowest BCUT2D eigenvalue weighted by Crippen LogP contribution is -2.21. The van der Waals surface area contributed by atoms with Gasteiger partial charge in [-0.25, -0.2) is 9.40 Å². The van der Waals surface area contributed by atoms with E-state index < -0.39 is 46.7 Å². The fourth-order valence-electron chi connectivity index (χ4n) is 2.87. The Morgan fingerprint density at radius 3 is 1.97 bits per heavy atom. The first kappa shape index (κ1) is 30.4. The van der Waals surface area contributed by atoms with Crippen LogP contribution in [0.2, 0.25) is 0 Å². The largest absolute Gasteiger partial charge is 0.416 e. The van der Waals surface area contributed by atoms with Crippen molar-refractivity contribution in [3.8, 4) is 0 Å². The van der Waals surface area contributed by atoms with Gasteiger partial charge in [-0.2, -0.15) is 31.4 Å². The highest BCUT2D eigenvalue weighted by Crippen LogP contribution is 2.37. The molecule has 0 radical (unpaired) electrons. The van der Waals surface area contributed by atoms with Crippen molar-refractivity contribution in [1.29, 1.82) is 0 Å². The van der Waals surface area contributed by atoms with Gasteiger partial charge in [0, 0.05) is 18.3 Å². The summed E-state index contributed by atoms with van der Waals surface area (Å²) in [5.41, 5.74) is 1.76. The van der Waals surface area contributed by atoms with Crippen LogP contribution in [0, 0.1) is 5.92 Å². The van der Waals surface area contributed by atoms with Gasteiger partial charge in [0.25, 0.3) is 5.91 Å². The fraction of sp³-hybridized carbons (Fsp3) is 0.280. The number of allylic oxidation sites excluding steroid dienone is 4. The van der Waals surface area contributed by atoms with Gasteiger partial charge in [0.05, 0.1) is 28.2 Å². The number of primary amides is 1. The number of carbonyl (C=O) groups excluding carboxylic acids is 1. The minimum atomic E-state index is -5.04. The van der Waals surface area contributed by atoms with Crippen LogP contribution in [0.1, 0.15) is 43.9 Å². The molecule has 1 aromatic rings. The van der Waals surface area contributed by atoms with Crippen LogP contribution >= 0.6 is 0 Å². The average molecular weight is 517 g/mol. The predicted molar refractivity (Wildman–Crippen MR) is 125 cm³/mol. The molecule has 1 amide bonds. The summed E-state index contributed by atoms with van der Waals surface area (Å²) >= 11 is 0. The van der Waals surface area contributed by atoms with Crippen molar-refractivity contribution >= 4 is 11.6 Å². The van der Waals surface area contributed by atoms with E-state index in [1.54, 1.807) is 13.8 Å². The number of benzene rings is 1. The Kier molecular flexibility index (Phi) is 10.4. The minimum absolute atomic E-state index is 0.0234. The Labute approximate surface area is 204 Å². The molecule has 4 nitrogen and oxygen atoms in total. The molecule has 196 valence electrons. The van der Waals surface area contributed by atoms with Crippen molar-refractivity contribution in [2.24, 2.45) is 16.8 Å². The summed E-state index contributed by atoms with van der Waals surface area (Å²) in [6.07, 6.45) is -4.18. The standard InChI is InChI=1S/C25H26F7N3O/c1-6-15(4)22(18-11-19(24(27,28)29)13-20(12-18)25(30,31)32)34-35(8-3)14-21(23(33)36)17(7-2)10-9-16(5)26/h7-15H,2-3,6H2,1,4-5H3,(H2,33,36). The quantitative estimate of drug-likeness (QED) is 0.117. The summed E-state index contributed by atoms with van der Waals surface area (Å²) in [7, 11) is 0. The van der Waals surface area contributed by atoms with Crippen LogP contribution in [0.3, 0.4) is 0 Å². The second-order valence-electron chi connectivity index (χ2n) is 7.64. The zero-order chi connectivity index (χ0) is 27.8. The molecule has 0 bridgehead atoms. The lowest BCUT2D eigenvalue weighted by atomic mass is 9.93. The van der Waals surface area contributed by atoms with Crippen LogP contribution in [0.4, 0.5) is 30.7 Å². The molecule has 0 fully saturated rings. The molecular formula is C25H26F7N3O. The highest BCUT2D eigenvalue weighted by atomic mass is 19.4. The Morgan fingerprint density at radius 1 is 1.08 bits per heavy atom. The SMILES string of the molecule is C=CC(=CC=C(C)F)C(=CN(C=C)N=C(c1cc(C(F)(F)F)cc(C(F)(F)F)c1)C(C)CC)C(N)=O. The van der Waals surface area contributed by atoms with E-state index in [0.29, 0.717) is 18.6 Å². The highest BCUT2D eigenvalue weighted by molar-refractivity contribution is 6.02. The number of hydrazone groups is 1. The van der Waals surface area contributed by atoms with E-state index in [9.17, 15) is 35.5 Å². The maximum atomic E-state index is 13.4. The normalized spacial score (nSPS) is 14.9. The molecule has 11 heteroatoms. The summed E-state index contributed by atoms with van der Waals surface area (Å²) in [5, 5.41) is 5.11. The lowest BCUT2D eigenvalue weighted by Gasteiger charge is -2.20. The van der Waals surface area contributed by atoms with E-state index in [1.165, 1.54) is 12.2 Å². The van der Waals surface area contributed by atoms with Gasteiger partial charge in [-0.15, -0.1) is 0 Å². The second-order valence-corrected chi connectivity index (χ2v) is 7.64. The van der Waals surface area contributed by atoms with E-state index in [-0.39, 0.29) is 22.9 Å². The summed E-state index contributed by atoms with van der Waals surface area (Å²) in [4.78, 5) is 12.0. The van der Waals surface area contributed by atoms with Gasteiger partial charge in [0.1, 0.15) is 0 Å². The van der Waals surface area contributed by atoms with Gasteiger partial charge >= 0.3 is 12.4 Å². The molecule has 0 aliphatic carbocycles. The molecule has 36 heavy (non-hydrogen) atoms. The van der Waals surface area contributed by atoms with Gasteiger partial charge in [0.2, 0.25) is 0 Å². The third kappa shape index (κ3) is 8.54. The molecular weight excluding hydrogens is 491 g/mol. The van der Waals surface area contributed by atoms with Gasteiger partial charge in [0.15, 0.2) is 0 Å². The van der Waals surface area contributed by atoms with Crippen LogP contribution in [0.15, 0.2) is 84.1 Å². The third-order valence-corrected chi connectivity index (χ3v) is 4.92. The fourth-order valence-corrected chi connectivity index (χ4v) is 2.87.